The molecule has 1 aromatic carbocycles. The molecule has 0 radical (unpaired) electrons. The second-order valence-electron chi connectivity index (χ2n) is 6.78. The minimum atomic E-state index is -5.00. The first-order valence-electron chi connectivity index (χ1n) is 7.63. The van der Waals surface area contributed by atoms with Crippen molar-refractivity contribution in [3.8, 4) is 0 Å². The van der Waals surface area contributed by atoms with E-state index in [1.54, 1.807) is 20.8 Å². The molecule has 0 spiro atoms. The number of benzene rings is 1. The molecule has 0 bridgehead atoms. The topological polar surface area (TPSA) is 85.9 Å². The summed E-state index contributed by atoms with van der Waals surface area (Å²) in [4.78, 5) is 15.4. The summed E-state index contributed by atoms with van der Waals surface area (Å²) in [5.74, 6) is -1.56. The van der Waals surface area contributed by atoms with Gasteiger partial charge in [0.2, 0.25) is 5.54 Å². The normalized spacial score (nSPS) is 21.1. The Morgan fingerprint density at radius 3 is 2.58 bits per heavy atom. The third-order valence-corrected chi connectivity index (χ3v) is 3.43. The molecule has 1 aliphatic rings. The lowest BCUT2D eigenvalue weighted by atomic mass is 9.89. The van der Waals surface area contributed by atoms with Gasteiger partial charge < -0.3 is 15.2 Å². The number of amidine groups is 1. The largest absolute Gasteiger partial charge is 0.444 e. The Kier molecular flexibility index (Phi) is 5.18. The highest BCUT2D eigenvalue weighted by atomic mass is 19.4. The number of amides is 1. The van der Waals surface area contributed by atoms with E-state index in [1.807, 2.05) is 0 Å². The zero-order valence-electron chi connectivity index (χ0n) is 14.4. The molecular formula is C16H19F4N3O3. The van der Waals surface area contributed by atoms with Crippen molar-refractivity contribution in [2.45, 2.75) is 38.1 Å². The number of carbonyl (C=O) groups excluding carboxylic acids is 1. The molecule has 3 N–H and O–H groups in total. The smallest absolute Gasteiger partial charge is 0.420 e. The second-order valence-corrected chi connectivity index (χ2v) is 6.78. The first-order valence-corrected chi connectivity index (χ1v) is 7.63. The molecule has 1 unspecified atom stereocenters. The van der Waals surface area contributed by atoms with Gasteiger partial charge >= 0.3 is 12.3 Å². The van der Waals surface area contributed by atoms with E-state index in [-0.39, 0.29) is 12.3 Å². The van der Waals surface area contributed by atoms with Crippen molar-refractivity contribution in [2.24, 2.45) is 4.99 Å². The predicted octanol–water partition coefficient (Wildman–Crippen LogP) is 3.12. The first-order chi connectivity index (χ1) is 11.8. The number of nitrogens with zero attached hydrogens (tertiary/aromatic N) is 1. The molecule has 0 saturated heterocycles. The Morgan fingerprint density at radius 1 is 1.35 bits per heavy atom. The predicted molar refractivity (Wildman–Crippen MR) is 86.2 cm³/mol. The molecule has 26 heavy (non-hydrogen) atoms. The zero-order valence-corrected chi connectivity index (χ0v) is 14.4. The maximum Gasteiger partial charge on any atom is 0.420 e. The maximum atomic E-state index is 14.1. The number of alkyl carbamates (subject to hydrolysis) is 1. The van der Waals surface area contributed by atoms with Gasteiger partial charge in [0.25, 0.3) is 0 Å². The summed E-state index contributed by atoms with van der Waals surface area (Å²) in [6.07, 6.45) is -5.99. The van der Waals surface area contributed by atoms with Crippen molar-refractivity contribution < 1.29 is 31.8 Å². The Morgan fingerprint density at radius 2 is 2.00 bits per heavy atom. The zero-order chi connectivity index (χ0) is 19.8. The molecular weight excluding hydrogens is 358 g/mol. The number of ether oxygens (including phenoxy) is 2. The molecule has 6 nitrogen and oxygen atoms in total. The molecule has 1 aliphatic heterocycles. The summed E-state index contributed by atoms with van der Waals surface area (Å²) in [5, 5.41) is 2.12. The van der Waals surface area contributed by atoms with E-state index in [1.165, 1.54) is 0 Å². The van der Waals surface area contributed by atoms with Crippen LogP contribution in [-0.2, 0) is 15.0 Å². The van der Waals surface area contributed by atoms with Crippen LogP contribution in [0.4, 0.5) is 28.0 Å². The highest BCUT2D eigenvalue weighted by Crippen LogP contribution is 2.45. The summed E-state index contributed by atoms with van der Waals surface area (Å²) >= 11 is 0. The van der Waals surface area contributed by atoms with Crippen molar-refractivity contribution >= 4 is 17.6 Å². The number of halogens is 4. The molecule has 2 rings (SSSR count). The van der Waals surface area contributed by atoms with Gasteiger partial charge in [0, 0.05) is 11.3 Å². The third kappa shape index (κ3) is 4.24. The quantitative estimate of drug-likeness (QED) is 0.582. The molecule has 1 amide bonds. The number of alkyl halides is 3. The highest BCUT2D eigenvalue weighted by molar-refractivity contribution is 5.96. The molecule has 144 valence electrons. The monoisotopic (exact) mass is 377 g/mol. The lowest BCUT2D eigenvalue weighted by molar-refractivity contribution is -0.206. The maximum absolute atomic E-state index is 14.1. The minimum absolute atomic E-state index is 0.0625. The van der Waals surface area contributed by atoms with Gasteiger partial charge in [0.15, 0.2) is 0 Å². The van der Waals surface area contributed by atoms with E-state index in [4.69, 9.17) is 15.2 Å². The number of rotatable bonds is 1. The van der Waals surface area contributed by atoms with Gasteiger partial charge in [-0.15, -0.1) is 0 Å². The van der Waals surface area contributed by atoms with Crippen LogP contribution in [0.3, 0.4) is 0 Å². The van der Waals surface area contributed by atoms with Gasteiger partial charge in [-0.1, -0.05) is 0 Å². The number of aliphatic imine (C=N–C) groups is 1. The van der Waals surface area contributed by atoms with Crippen LogP contribution in [0, 0.1) is 5.82 Å². The second kappa shape index (κ2) is 6.75. The van der Waals surface area contributed by atoms with Gasteiger partial charge in [0.1, 0.15) is 23.9 Å². The summed E-state index contributed by atoms with van der Waals surface area (Å²) in [6, 6.07) is 2.81. The summed E-state index contributed by atoms with van der Waals surface area (Å²) in [5.41, 5.74) is 0.769. The number of nitrogen functional groups attached to an aromatic ring is 1. The Hall–Kier alpha value is -2.36. The SMILES string of the molecule is CC(C)(C)OC(=O)NC1=NC(c2cc(N)ccc2F)(C(F)(F)F)COC1. The van der Waals surface area contributed by atoms with Crippen molar-refractivity contribution in [3.63, 3.8) is 0 Å². The lowest BCUT2D eigenvalue weighted by Gasteiger charge is -2.36. The van der Waals surface area contributed by atoms with Gasteiger partial charge in [0.05, 0.1) is 6.61 Å². The van der Waals surface area contributed by atoms with Crippen LogP contribution in [0.2, 0.25) is 0 Å². The highest BCUT2D eigenvalue weighted by Gasteiger charge is 2.59. The Bertz CT molecular complexity index is 728. The van der Waals surface area contributed by atoms with Gasteiger partial charge in [-0.05, 0) is 39.0 Å². The number of nitrogens with one attached hydrogen (secondary N) is 1. The van der Waals surface area contributed by atoms with Gasteiger partial charge in [-0.2, -0.15) is 13.2 Å². The van der Waals surface area contributed by atoms with Crippen molar-refractivity contribution in [3.05, 3.63) is 29.6 Å². The van der Waals surface area contributed by atoms with Crippen LogP contribution in [0.25, 0.3) is 0 Å². The summed E-state index contributed by atoms with van der Waals surface area (Å²) in [7, 11) is 0. The molecule has 0 aliphatic carbocycles. The lowest BCUT2D eigenvalue weighted by Crippen LogP contribution is -2.52. The van der Waals surface area contributed by atoms with Crippen molar-refractivity contribution in [1.29, 1.82) is 0 Å². The van der Waals surface area contributed by atoms with E-state index >= 15 is 0 Å². The molecule has 1 aromatic rings. The van der Waals surface area contributed by atoms with Crippen LogP contribution >= 0.6 is 0 Å². The average Bonchev–Trinajstić information content (AvgIpc) is 2.46. The van der Waals surface area contributed by atoms with Crippen molar-refractivity contribution in [1.82, 2.24) is 5.32 Å². The van der Waals surface area contributed by atoms with Crippen LogP contribution in [0.15, 0.2) is 23.2 Å². The molecule has 0 aromatic heterocycles. The number of nitrogens with two attached hydrogens (primary N) is 1. The Labute approximate surface area is 147 Å². The fraction of sp³-hybridized carbons (Fsp3) is 0.500. The number of hydrogen-bond acceptors (Lipinski definition) is 5. The van der Waals surface area contributed by atoms with E-state index in [0.717, 1.165) is 18.2 Å². The van der Waals surface area contributed by atoms with Gasteiger partial charge in [-0.25, -0.2) is 14.2 Å². The van der Waals surface area contributed by atoms with E-state index in [2.05, 4.69) is 10.3 Å². The fourth-order valence-corrected chi connectivity index (χ4v) is 2.37. The van der Waals surface area contributed by atoms with Crippen LogP contribution in [-0.4, -0.2) is 36.9 Å². The number of anilines is 1. The van der Waals surface area contributed by atoms with Crippen LogP contribution in [0.5, 0.6) is 0 Å². The van der Waals surface area contributed by atoms with Gasteiger partial charge in [-0.3, -0.25) is 5.32 Å². The molecule has 10 heteroatoms. The summed E-state index contributed by atoms with van der Waals surface area (Å²) in [6.45, 7) is 3.44. The van der Waals surface area contributed by atoms with Crippen molar-refractivity contribution in [2.75, 3.05) is 18.9 Å². The minimum Gasteiger partial charge on any atom is -0.444 e. The summed E-state index contributed by atoms with van der Waals surface area (Å²) < 4.78 is 65.6. The molecule has 0 fully saturated rings. The van der Waals surface area contributed by atoms with Crippen LogP contribution < -0.4 is 11.1 Å². The number of carbonyl (C=O) groups is 1. The molecule has 1 atom stereocenters. The molecule has 0 saturated carbocycles. The third-order valence-electron chi connectivity index (χ3n) is 3.43. The van der Waals surface area contributed by atoms with E-state index in [0.29, 0.717) is 0 Å². The van der Waals surface area contributed by atoms with E-state index in [9.17, 15) is 22.4 Å². The first kappa shape index (κ1) is 20.0. The van der Waals surface area contributed by atoms with Crippen LogP contribution in [0.1, 0.15) is 26.3 Å². The average molecular weight is 377 g/mol. The Balaban J connectivity index is 2.46. The molecule has 1 heterocycles. The standard InChI is InChI=1S/C16H19F4N3O3/c1-14(2,3)26-13(24)22-12-7-25-8-15(23-12,16(18,19)20)10-6-9(21)4-5-11(10)17/h4-6H,7-8,21H2,1-3H3,(H,22,23,24). The number of hydrogen-bond donors (Lipinski definition) is 2. The van der Waals surface area contributed by atoms with E-state index < -0.39 is 47.2 Å². The fourth-order valence-electron chi connectivity index (χ4n) is 2.37.